The minimum atomic E-state index is -3.39. The van der Waals surface area contributed by atoms with Crippen LogP contribution in [-0.2, 0) is 14.3 Å². The molecule has 9 heteroatoms. The van der Waals surface area contributed by atoms with Gasteiger partial charge in [-0.15, -0.1) is 0 Å². The van der Waals surface area contributed by atoms with Crippen molar-refractivity contribution in [2.24, 2.45) is 5.92 Å². The molecule has 8 nitrogen and oxygen atoms in total. The molecule has 0 radical (unpaired) electrons. The predicted molar refractivity (Wildman–Crippen MR) is 76.6 cm³/mol. The second-order valence-electron chi connectivity index (χ2n) is 5.05. The average molecular weight is 315 g/mol. The fraction of sp³-hybridized carbons (Fsp3) is 0.583. The summed E-state index contributed by atoms with van der Waals surface area (Å²) in [6.45, 7) is 1.66. The molecule has 1 aliphatic rings. The van der Waals surface area contributed by atoms with Crippen molar-refractivity contribution in [3.8, 4) is 0 Å². The molecule has 1 fully saturated rings. The van der Waals surface area contributed by atoms with E-state index in [0.717, 1.165) is 32.2 Å². The Bertz CT molecular complexity index is 594. The van der Waals surface area contributed by atoms with Gasteiger partial charge in [-0.3, -0.25) is 14.3 Å². The monoisotopic (exact) mass is 315 g/mol. The van der Waals surface area contributed by atoms with Crippen molar-refractivity contribution >= 4 is 21.6 Å². The first kappa shape index (κ1) is 15.6. The van der Waals surface area contributed by atoms with E-state index in [1.54, 1.807) is 6.07 Å². The zero-order chi connectivity index (χ0) is 15.5. The van der Waals surface area contributed by atoms with E-state index in [1.165, 1.54) is 12.3 Å². The standard InChI is InChI=1S/C12H17N3O5S/c1-21(18,19)20-9-10-4-6-14(7-5-10)12-3-2-11(8-13-12)15(16)17/h2-3,8,10H,4-7,9H2,1H3. The van der Waals surface area contributed by atoms with Crippen LogP contribution >= 0.6 is 0 Å². The quantitative estimate of drug-likeness (QED) is 0.456. The lowest BCUT2D eigenvalue weighted by Gasteiger charge is -2.32. The molecule has 0 atom stereocenters. The van der Waals surface area contributed by atoms with Crippen LogP contribution in [0.3, 0.4) is 0 Å². The van der Waals surface area contributed by atoms with E-state index in [1.807, 2.05) is 4.90 Å². The van der Waals surface area contributed by atoms with Crippen LogP contribution < -0.4 is 4.90 Å². The van der Waals surface area contributed by atoms with Gasteiger partial charge >= 0.3 is 0 Å². The zero-order valence-electron chi connectivity index (χ0n) is 11.6. The van der Waals surface area contributed by atoms with Crippen LogP contribution in [-0.4, -0.2) is 44.3 Å². The summed E-state index contributed by atoms with van der Waals surface area (Å²) in [5, 5.41) is 10.6. The highest BCUT2D eigenvalue weighted by Crippen LogP contribution is 2.23. The summed E-state index contributed by atoms with van der Waals surface area (Å²) < 4.78 is 26.7. The van der Waals surface area contributed by atoms with Gasteiger partial charge in [0.15, 0.2) is 0 Å². The Labute approximate surface area is 123 Å². The van der Waals surface area contributed by atoms with E-state index in [2.05, 4.69) is 4.98 Å². The number of piperidine rings is 1. The molecule has 1 aromatic heterocycles. The van der Waals surface area contributed by atoms with Gasteiger partial charge in [-0.25, -0.2) is 4.98 Å². The van der Waals surface area contributed by atoms with Crippen LogP contribution in [0.4, 0.5) is 11.5 Å². The Kier molecular flexibility index (Phi) is 4.73. The highest BCUT2D eigenvalue weighted by molar-refractivity contribution is 7.85. The molecule has 2 rings (SSSR count). The maximum Gasteiger partial charge on any atom is 0.287 e. The topological polar surface area (TPSA) is 103 Å². The number of nitrogens with zero attached hydrogens (tertiary/aromatic N) is 3. The van der Waals surface area contributed by atoms with E-state index in [0.29, 0.717) is 5.82 Å². The average Bonchev–Trinajstić information content (AvgIpc) is 2.45. The van der Waals surface area contributed by atoms with Gasteiger partial charge in [-0.05, 0) is 24.8 Å². The molecule has 116 valence electrons. The summed E-state index contributed by atoms with van der Waals surface area (Å²) in [7, 11) is -3.39. The molecule has 1 aromatic rings. The number of aromatic nitrogens is 1. The van der Waals surface area contributed by atoms with Crippen LogP contribution in [0.15, 0.2) is 18.3 Å². The second kappa shape index (κ2) is 6.35. The summed E-state index contributed by atoms with van der Waals surface area (Å²) in [5.74, 6) is 0.900. The van der Waals surface area contributed by atoms with Crippen LogP contribution in [0.1, 0.15) is 12.8 Å². The molecule has 0 aromatic carbocycles. The fourth-order valence-corrected chi connectivity index (χ4v) is 2.66. The molecule has 0 bridgehead atoms. The van der Waals surface area contributed by atoms with E-state index in [9.17, 15) is 18.5 Å². The summed E-state index contributed by atoms with van der Waals surface area (Å²) >= 11 is 0. The molecule has 0 spiro atoms. The molecule has 2 heterocycles. The van der Waals surface area contributed by atoms with Gasteiger partial charge in [-0.2, -0.15) is 8.42 Å². The first-order valence-corrected chi connectivity index (χ1v) is 8.36. The summed E-state index contributed by atoms with van der Waals surface area (Å²) in [4.78, 5) is 16.2. The number of hydrogen-bond acceptors (Lipinski definition) is 7. The van der Waals surface area contributed by atoms with Gasteiger partial charge < -0.3 is 4.90 Å². The maximum absolute atomic E-state index is 10.9. The minimum absolute atomic E-state index is 0.0322. The Hall–Kier alpha value is -1.74. The highest BCUT2D eigenvalue weighted by atomic mass is 32.2. The van der Waals surface area contributed by atoms with Gasteiger partial charge in [0.25, 0.3) is 15.8 Å². The SMILES string of the molecule is CS(=O)(=O)OCC1CCN(c2ccc([N+](=O)[O-])cn2)CC1. The lowest BCUT2D eigenvalue weighted by molar-refractivity contribution is -0.385. The number of anilines is 1. The highest BCUT2D eigenvalue weighted by Gasteiger charge is 2.22. The first-order chi connectivity index (χ1) is 9.85. The number of rotatable bonds is 5. The molecule has 0 N–H and O–H groups in total. The number of pyridine rings is 1. The maximum atomic E-state index is 10.9. The third-order valence-electron chi connectivity index (χ3n) is 3.40. The fourth-order valence-electron chi connectivity index (χ4n) is 2.22. The largest absolute Gasteiger partial charge is 0.357 e. The van der Waals surface area contributed by atoms with Crippen molar-refractivity contribution in [1.29, 1.82) is 0 Å². The van der Waals surface area contributed by atoms with Gasteiger partial charge in [0.05, 0.1) is 17.8 Å². The van der Waals surface area contributed by atoms with Crippen molar-refractivity contribution in [3.05, 3.63) is 28.4 Å². The van der Waals surface area contributed by atoms with Crippen LogP contribution in [0.2, 0.25) is 0 Å². The third kappa shape index (κ3) is 4.64. The molecule has 0 amide bonds. The molecule has 0 unspecified atom stereocenters. The lowest BCUT2D eigenvalue weighted by Crippen LogP contribution is -2.35. The molecular weight excluding hydrogens is 298 g/mol. The normalized spacial score (nSPS) is 16.9. The Morgan fingerprint density at radius 2 is 2.10 bits per heavy atom. The van der Waals surface area contributed by atoms with Crippen molar-refractivity contribution in [3.63, 3.8) is 0 Å². The van der Waals surface area contributed by atoms with E-state index < -0.39 is 15.0 Å². The van der Waals surface area contributed by atoms with E-state index >= 15 is 0 Å². The van der Waals surface area contributed by atoms with Gasteiger partial charge in [0.1, 0.15) is 12.0 Å². The van der Waals surface area contributed by atoms with E-state index in [-0.39, 0.29) is 18.2 Å². The van der Waals surface area contributed by atoms with Gasteiger partial charge in [0.2, 0.25) is 0 Å². The van der Waals surface area contributed by atoms with Crippen LogP contribution in [0.25, 0.3) is 0 Å². The predicted octanol–water partition coefficient (Wildman–Crippen LogP) is 1.18. The Morgan fingerprint density at radius 3 is 2.57 bits per heavy atom. The van der Waals surface area contributed by atoms with Crippen LogP contribution in [0.5, 0.6) is 0 Å². The lowest BCUT2D eigenvalue weighted by atomic mass is 9.98. The van der Waals surface area contributed by atoms with Crippen molar-refractivity contribution in [2.45, 2.75) is 12.8 Å². The zero-order valence-corrected chi connectivity index (χ0v) is 12.5. The number of nitro groups is 1. The van der Waals surface area contributed by atoms with Crippen molar-refractivity contribution in [1.82, 2.24) is 4.98 Å². The molecular formula is C12H17N3O5S. The molecule has 1 aliphatic heterocycles. The molecule has 0 saturated carbocycles. The van der Waals surface area contributed by atoms with E-state index in [4.69, 9.17) is 4.18 Å². The minimum Gasteiger partial charge on any atom is -0.357 e. The molecule has 21 heavy (non-hydrogen) atoms. The van der Waals surface area contributed by atoms with Crippen molar-refractivity contribution < 1.29 is 17.5 Å². The van der Waals surface area contributed by atoms with Crippen molar-refractivity contribution in [2.75, 3.05) is 30.9 Å². The van der Waals surface area contributed by atoms with Gasteiger partial charge in [0, 0.05) is 19.2 Å². The first-order valence-electron chi connectivity index (χ1n) is 6.55. The number of hydrogen-bond donors (Lipinski definition) is 0. The Morgan fingerprint density at radius 1 is 1.43 bits per heavy atom. The summed E-state index contributed by atoms with van der Waals surface area (Å²) in [5.41, 5.74) is -0.0322. The summed E-state index contributed by atoms with van der Waals surface area (Å²) in [6.07, 6.45) is 3.89. The van der Waals surface area contributed by atoms with Gasteiger partial charge in [-0.1, -0.05) is 0 Å². The summed E-state index contributed by atoms with van der Waals surface area (Å²) in [6, 6.07) is 3.06. The van der Waals surface area contributed by atoms with Crippen LogP contribution in [0, 0.1) is 16.0 Å². The molecule has 1 saturated heterocycles. The Balaban J connectivity index is 1.87. The molecule has 0 aliphatic carbocycles. The third-order valence-corrected chi connectivity index (χ3v) is 3.96. The second-order valence-corrected chi connectivity index (χ2v) is 6.69. The smallest absolute Gasteiger partial charge is 0.287 e.